The minimum atomic E-state index is 0. The Morgan fingerprint density at radius 2 is 1.83 bits per heavy atom. The molecule has 2 atom stereocenters. The van der Waals surface area contributed by atoms with Gasteiger partial charge in [0.2, 0.25) is 0 Å². The van der Waals surface area contributed by atoms with Crippen LogP contribution in [0.2, 0.25) is 0 Å². The first-order valence-corrected chi connectivity index (χ1v) is 9.80. The van der Waals surface area contributed by atoms with E-state index in [1.54, 1.807) is 0 Å². The smallest absolute Gasteiger partial charge is 0.136 e. The number of ketones is 1. The van der Waals surface area contributed by atoms with E-state index >= 15 is 0 Å². The van der Waals surface area contributed by atoms with E-state index in [4.69, 9.17) is 0 Å². The molecule has 0 spiro atoms. The zero-order valence-corrected chi connectivity index (χ0v) is 16.5. The molecule has 3 aliphatic rings. The molecular formula is C23H38O. The van der Waals surface area contributed by atoms with Crippen molar-refractivity contribution < 1.29 is 6.22 Å². The molecule has 0 amide bonds. The van der Waals surface area contributed by atoms with Crippen LogP contribution in [-0.2, 0) is 4.79 Å². The number of allylic oxidation sites excluding steroid dienone is 5. The van der Waals surface area contributed by atoms with Crippen LogP contribution in [0.4, 0.5) is 0 Å². The summed E-state index contributed by atoms with van der Waals surface area (Å²) in [6, 6.07) is 0. The van der Waals surface area contributed by atoms with Gasteiger partial charge >= 0.3 is 0 Å². The lowest BCUT2D eigenvalue weighted by Gasteiger charge is -2.28. The van der Waals surface area contributed by atoms with Gasteiger partial charge in [-0.15, -0.1) is 0 Å². The van der Waals surface area contributed by atoms with E-state index in [0.717, 1.165) is 31.1 Å². The fourth-order valence-electron chi connectivity index (χ4n) is 4.20. The van der Waals surface area contributed by atoms with Gasteiger partial charge in [-0.3, -0.25) is 4.79 Å². The highest BCUT2D eigenvalue weighted by Crippen LogP contribution is 2.48. The van der Waals surface area contributed by atoms with E-state index in [9.17, 15) is 4.79 Å². The van der Waals surface area contributed by atoms with Crippen LogP contribution in [0.1, 0.15) is 81.0 Å². The van der Waals surface area contributed by atoms with Gasteiger partial charge in [0, 0.05) is 13.8 Å². The normalized spacial score (nSPS) is 28.4. The summed E-state index contributed by atoms with van der Waals surface area (Å²) in [7, 11) is 0. The molecule has 136 valence electrons. The van der Waals surface area contributed by atoms with Gasteiger partial charge in [-0.25, -0.2) is 0 Å². The van der Waals surface area contributed by atoms with Crippen molar-refractivity contribution >= 4 is 5.78 Å². The highest BCUT2D eigenvalue weighted by Gasteiger charge is 2.40. The third kappa shape index (κ3) is 4.71. The van der Waals surface area contributed by atoms with Crippen LogP contribution in [0.5, 0.6) is 0 Å². The number of rotatable bonds is 4. The molecule has 24 heavy (non-hydrogen) atoms. The van der Waals surface area contributed by atoms with Gasteiger partial charge in [-0.1, -0.05) is 62.1 Å². The monoisotopic (exact) mass is 330 g/mol. The average molecular weight is 331 g/mol. The second kappa shape index (κ2) is 7.85. The Morgan fingerprint density at radius 3 is 2.29 bits per heavy atom. The van der Waals surface area contributed by atoms with Crippen molar-refractivity contribution in [1.82, 2.24) is 0 Å². The molecule has 3 rings (SSSR count). The molecule has 0 radical (unpaired) electrons. The molecule has 0 N–H and O–H groups in total. The minimum Gasteiger partial charge on any atom is -0.299 e. The fourth-order valence-corrected chi connectivity index (χ4v) is 4.20. The maximum Gasteiger partial charge on any atom is 0.136 e. The van der Waals surface area contributed by atoms with Gasteiger partial charge in [0.25, 0.3) is 0 Å². The first-order valence-electron chi connectivity index (χ1n) is 9.80. The minimum absolute atomic E-state index is 0. The SMILES string of the molecule is C=C(C)C1(CC(=O)C2CC2)CCCC1.CC1=CC(C)C(C)C(C)=C1.[HH]. The van der Waals surface area contributed by atoms with Crippen LogP contribution in [0.3, 0.4) is 0 Å². The first-order chi connectivity index (χ1) is 11.2. The van der Waals surface area contributed by atoms with Crippen molar-refractivity contribution in [2.24, 2.45) is 23.2 Å². The van der Waals surface area contributed by atoms with E-state index in [-0.39, 0.29) is 6.84 Å². The maximum absolute atomic E-state index is 11.8. The van der Waals surface area contributed by atoms with Gasteiger partial charge in [-0.2, -0.15) is 0 Å². The summed E-state index contributed by atoms with van der Waals surface area (Å²) in [5.74, 6) is 2.40. The molecule has 0 aromatic carbocycles. The molecule has 2 saturated carbocycles. The van der Waals surface area contributed by atoms with Gasteiger partial charge in [0.15, 0.2) is 0 Å². The summed E-state index contributed by atoms with van der Waals surface area (Å²) in [5, 5.41) is 0. The molecular weight excluding hydrogens is 292 g/mol. The summed E-state index contributed by atoms with van der Waals surface area (Å²) in [5.41, 5.74) is 4.37. The lowest BCUT2D eigenvalue weighted by Crippen LogP contribution is -2.22. The predicted molar refractivity (Wildman–Crippen MR) is 106 cm³/mol. The first kappa shape index (κ1) is 19.2. The summed E-state index contributed by atoms with van der Waals surface area (Å²) in [6.07, 6.45) is 12.7. The van der Waals surface area contributed by atoms with E-state index in [0.29, 0.717) is 11.7 Å². The Kier molecular flexibility index (Phi) is 6.28. The standard InChI is InChI=1S/C13H20O.C10H16.H2/c1-10(2)13(7-3-4-8-13)9-12(14)11-5-6-11;1-7-5-8(2)10(4)9(3)6-7;/h11H,1,3-9H2,2H3;5-6,8,10H,1-4H3;1H. The second-order valence-electron chi connectivity index (χ2n) is 8.63. The molecule has 0 aromatic rings. The van der Waals surface area contributed by atoms with Crippen LogP contribution in [0.15, 0.2) is 35.5 Å². The van der Waals surface area contributed by atoms with Crippen molar-refractivity contribution in [3.05, 3.63) is 35.5 Å². The van der Waals surface area contributed by atoms with Crippen molar-refractivity contribution in [2.75, 3.05) is 0 Å². The molecule has 2 fully saturated rings. The Labute approximate surface area is 150 Å². The Balaban J connectivity index is 0.000000254. The summed E-state index contributed by atoms with van der Waals surface area (Å²) in [4.78, 5) is 11.8. The number of hydrogen-bond acceptors (Lipinski definition) is 1. The summed E-state index contributed by atoms with van der Waals surface area (Å²) < 4.78 is 0. The molecule has 1 heteroatoms. The van der Waals surface area contributed by atoms with Gasteiger partial charge in [-0.05, 0) is 63.7 Å². The Bertz CT molecular complexity index is 544. The van der Waals surface area contributed by atoms with Gasteiger partial charge < -0.3 is 0 Å². The average Bonchev–Trinajstić information content (AvgIpc) is 3.25. The van der Waals surface area contributed by atoms with E-state index in [2.05, 4.69) is 53.3 Å². The predicted octanol–water partition coefficient (Wildman–Crippen LogP) is 6.90. The van der Waals surface area contributed by atoms with E-state index in [1.165, 1.54) is 42.4 Å². The molecule has 0 aliphatic heterocycles. The van der Waals surface area contributed by atoms with Crippen LogP contribution >= 0.6 is 0 Å². The summed E-state index contributed by atoms with van der Waals surface area (Å²) in [6.45, 7) is 15.2. The van der Waals surface area contributed by atoms with E-state index < -0.39 is 0 Å². The largest absolute Gasteiger partial charge is 0.299 e. The van der Waals surface area contributed by atoms with Crippen molar-refractivity contribution in [2.45, 2.75) is 79.6 Å². The highest BCUT2D eigenvalue weighted by molar-refractivity contribution is 5.84. The lowest BCUT2D eigenvalue weighted by molar-refractivity contribution is -0.122. The lowest BCUT2D eigenvalue weighted by atomic mass is 9.75. The zero-order chi connectivity index (χ0) is 17.9. The highest BCUT2D eigenvalue weighted by atomic mass is 16.1. The van der Waals surface area contributed by atoms with Crippen molar-refractivity contribution in [1.29, 1.82) is 0 Å². The third-order valence-electron chi connectivity index (χ3n) is 6.50. The fraction of sp³-hybridized carbons (Fsp3) is 0.696. The number of carbonyl (C=O) groups is 1. The van der Waals surface area contributed by atoms with Gasteiger partial charge in [0.1, 0.15) is 5.78 Å². The molecule has 0 heterocycles. The summed E-state index contributed by atoms with van der Waals surface area (Å²) >= 11 is 0. The van der Waals surface area contributed by atoms with Gasteiger partial charge in [0.05, 0.1) is 0 Å². The Hall–Kier alpha value is -1.11. The van der Waals surface area contributed by atoms with Crippen LogP contribution in [-0.4, -0.2) is 5.78 Å². The zero-order valence-electron chi connectivity index (χ0n) is 16.5. The molecule has 0 saturated heterocycles. The third-order valence-corrected chi connectivity index (χ3v) is 6.50. The Morgan fingerprint density at radius 1 is 1.25 bits per heavy atom. The molecule has 2 unspecified atom stereocenters. The van der Waals surface area contributed by atoms with Crippen LogP contribution < -0.4 is 0 Å². The molecule has 3 aliphatic carbocycles. The van der Waals surface area contributed by atoms with Crippen LogP contribution in [0.25, 0.3) is 0 Å². The molecule has 0 bridgehead atoms. The number of carbonyl (C=O) groups excluding carboxylic acids is 1. The maximum atomic E-state index is 11.8. The topological polar surface area (TPSA) is 17.1 Å². The molecule has 1 nitrogen and oxygen atoms in total. The van der Waals surface area contributed by atoms with Crippen molar-refractivity contribution in [3.63, 3.8) is 0 Å². The van der Waals surface area contributed by atoms with Crippen molar-refractivity contribution in [3.8, 4) is 0 Å². The second-order valence-corrected chi connectivity index (χ2v) is 8.63. The van der Waals surface area contributed by atoms with Crippen LogP contribution in [0, 0.1) is 23.2 Å². The molecule has 0 aromatic heterocycles. The number of Topliss-reactive ketones (excluding diaryl/α,β-unsaturated/α-hetero) is 1. The number of hydrogen-bond donors (Lipinski definition) is 0. The van der Waals surface area contributed by atoms with E-state index in [1.807, 2.05) is 0 Å². The quantitative estimate of drug-likeness (QED) is 0.512.